The third-order valence-corrected chi connectivity index (χ3v) is 4.43. The molecule has 0 spiro atoms. The minimum absolute atomic E-state index is 0.359. The van der Waals surface area contributed by atoms with Crippen LogP contribution in [0.25, 0.3) is 0 Å². The van der Waals surface area contributed by atoms with Crippen LogP contribution in [0, 0.1) is 0 Å². The van der Waals surface area contributed by atoms with Gasteiger partial charge in [-0.05, 0) is 28.1 Å². The molecule has 1 N–H and O–H groups in total. The van der Waals surface area contributed by atoms with Gasteiger partial charge in [-0.15, -0.1) is 22.7 Å². The first-order chi connectivity index (χ1) is 8.20. The van der Waals surface area contributed by atoms with E-state index in [9.17, 15) is 4.79 Å². The molecule has 2 aromatic heterocycles. The van der Waals surface area contributed by atoms with Gasteiger partial charge in [0.05, 0.1) is 23.0 Å². The Kier molecular flexibility index (Phi) is 4.14. The second-order valence-electron chi connectivity index (χ2n) is 3.08. The van der Waals surface area contributed by atoms with Gasteiger partial charge in [0.25, 0.3) is 0 Å². The molecule has 17 heavy (non-hydrogen) atoms. The van der Waals surface area contributed by atoms with Gasteiger partial charge in [0.1, 0.15) is 0 Å². The van der Waals surface area contributed by atoms with E-state index in [1.54, 1.807) is 16.8 Å². The number of halogens is 1. The monoisotopic (exact) mass is 332 g/mol. The van der Waals surface area contributed by atoms with E-state index in [1.165, 1.54) is 23.3 Å². The Morgan fingerprint density at radius 1 is 1.59 bits per heavy atom. The SMILES string of the molecule is COC(=O)c1scnc1NCc1ccc(Br)s1. The number of thiazole rings is 1. The molecule has 0 atom stereocenters. The molecule has 0 aliphatic heterocycles. The van der Waals surface area contributed by atoms with Crippen LogP contribution >= 0.6 is 38.6 Å². The maximum Gasteiger partial charge on any atom is 0.351 e. The second kappa shape index (κ2) is 5.61. The first-order valence-corrected chi connectivity index (χ1v) is 7.19. The van der Waals surface area contributed by atoms with Gasteiger partial charge in [-0.1, -0.05) is 0 Å². The van der Waals surface area contributed by atoms with Crippen molar-refractivity contribution in [2.45, 2.75) is 6.54 Å². The second-order valence-corrected chi connectivity index (χ2v) is 6.48. The lowest BCUT2D eigenvalue weighted by molar-refractivity contribution is 0.0607. The average molecular weight is 333 g/mol. The number of carbonyl (C=O) groups excluding carboxylic acids is 1. The summed E-state index contributed by atoms with van der Waals surface area (Å²) in [7, 11) is 1.36. The Morgan fingerprint density at radius 3 is 3.06 bits per heavy atom. The van der Waals surface area contributed by atoms with Gasteiger partial charge >= 0.3 is 5.97 Å². The summed E-state index contributed by atoms with van der Waals surface area (Å²) < 4.78 is 5.76. The highest BCUT2D eigenvalue weighted by atomic mass is 79.9. The van der Waals surface area contributed by atoms with Crippen molar-refractivity contribution in [1.82, 2.24) is 4.98 Å². The van der Waals surface area contributed by atoms with Crippen LogP contribution < -0.4 is 5.32 Å². The molecule has 0 unspecified atom stereocenters. The van der Waals surface area contributed by atoms with Crippen LogP contribution in [0.2, 0.25) is 0 Å². The van der Waals surface area contributed by atoms with Crippen molar-refractivity contribution in [2.24, 2.45) is 0 Å². The minimum atomic E-state index is -0.359. The first kappa shape index (κ1) is 12.5. The molecular formula is C10H9BrN2O2S2. The summed E-state index contributed by atoms with van der Waals surface area (Å²) in [5.41, 5.74) is 1.62. The largest absolute Gasteiger partial charge is 0.465 e. The summed E-state index contributed by atoms with van der Waals surface area (Å²) in [5, 5.41) is 3.13. The van der Waals surface area contributed by atoms with Gasteiger partial charge in [0.15, 0.2) is 10.7 Å². The Labute approximate surface area is 115 Å². The zero-order chi connectivity index (χ0) is 12.3. The van der Waals surface area contributed by atoms with E-state index in [0.29, 0.717) is 17.2 Å². The van der Waals surface area contributed by atoms with Crippen LogP contribution in [-0.4, -0.2) is 18.1 Å². The van der Waals surface area contributed by atoms with Gasteiger partial charge in [-0.25, -0.2) is 9.78 Å². The molecule has 0 saturated heterocycles. The maximum absolute atomic E-state index is 11.4. The number of hydrogen-bond acceptors (Lipinski definition) is 6. The van der Waals surface area contributed by atoms with E-state index in [0.717, 1.165) is 3.79 Å². The molecule has 0 aliphatic rings. The van der Waals surface area contributed by atoms with Crippen molar-refractivity contribution >= 4 is 50.4 Å². The molecule has 2 aromatic rings. The lowest BCUT2D eigenvalue weighted by Gasteiger charge is -2.03. The van der Waals surface area contributed by atoms with Crippen molar-refractivity contribution in [3.63, 3.8) is 0 Å². The molecule has 0 fully saturated rings. The Morgan fingerprint density at radius 2 is 2.41 bits per heavy atom. The number of rotatable bonds is 4. The summed E-state index contributed by atoms with van der Waals surface area (Å²) in [4.78, 5) is 17.2. The maximum atomic E-state index is 11.4. The number of anilines is 1. The molecule has 0 aromatic carbocycles. The zero-order valence-corrected chi connectivity index (χ0v) is 12.1. The van der Waals surface area contributed by atoms with Crippen LogP contribution in [-0.2, 0) is 11.3 Å². The zero-order valence-electron chi connectivity index (χ0n) is 8.90. The highest BCUT2D eigenvalue weighted by molar-refractivity contribution is 9.11. The van der Waals surface area contributed by atoms with Crippen LogP contribution in [0.4, 0.5) is 5.82 Å². The average Bonchev–Trinajstić information content (AvgIpc) is 2.94. The number of nitrogens with one attached hydrogen (secondary N) is 1. The number of esters is 1. The summed E-state index contributed by atoms with van der Waals surface area (Å²) >= 11 is 6.31. The van der Waals surface area contributed by atoms with E-state index >= 15 is 0 Å². The van der Waals surface area contributed by atoms with Gasteiger partial charge in [-0.2, -0.15) is 0 Å². The fourth-order valence-corrected chi connectivity index (χ4v) is 3.33. The fourth-order valence-electron chi connectivity index (χ4n) is 1.23. The van der Waals surface area contributed by atoms with Crippen molar-refractivity contribution < 1.29 is 9.53 Å². The molecule has 0 saturated carbocycles. The lowest BCUT2D eigenvalue weighted by Crippen LogP contribution is -2.05. The predicted molar refractivity (Wildman–Crippen MR) is 72.8 cm³/mol. The molecule has 2 rings (SSSR count). The number of methoxy groups -OCH3 is 1. The third-order valence-electron chi connectivity index (χ3n) is 2.00. The number of hydrogen-bond donors (Lipinski definition) is 1. The van der Waals surface area contributed by atoms with Crippen molar-refractivity contribution in [3.8, 4) is 0 Å². The van der Waals surface area contributed by atoms with E-state index < -0.39 is 0 Å². The normalized spacial score (nSPS) is 10.2. The predicted octanol–water partition coefficient (Wildman–Crippen LogP) is 3.37. The van der Waals surface area contributed by atoms with E-state index in [2.05, 4.69) is 31.0 Å². The van der Waals surface area contributed by atoms with Crippen LogP contribution in [0.15, 0.2) is 21.4 Å². The van der Waals surface area contributed by atoms with Crippen LogP contribution in [0.5, 0.6) is 0 Å². The number of carbonyl (C=O) groups is 1. The standard InChI is InChI=1S/C10H9BrN2O2S2/c1-15-10(14)8-9(13-5-16-8)12-4-6-2-3-7(11)17-6/h2-3,5,12H,4H2,1H3. The quantitative estimate of drug-likeness (QED) is 0.872. The lowest BCUT2D eigenvalue weighted by atomic mass is 10.4. The van der Waals surface area contributed by atoms with Crippen molar-refractivity contribution in [3.05, 3.63) is 31.2 Å². The third kappa shape index (κ3) is 3.05. The summed E-state index contributed by atoms with van der Waals surface area (Å²) in [6.07, 6.45) is 0. The van der Waals surface area contributed by atoms with E-state index in [4.69, 9.17) is 0 Å². The van der Waals surface area contributed by atoms with Gasteiger partial charge < -0.3 is 10.1 Å². The first-order valence-electron chi connectivity index (χ1n) is 4.70. The number of nitrogens with zero attached hydrogens (tertiary/aromatic N) is 1. The number of thiophene rings is 1. The van der Waals surface area contributed by atoms with Gasteiger partial charge in [-0.3, -0.25) is 0 Å². The molecular weight excluding hydrogens is 324 g/mol. The van der Waals surface area contributed by atoms with Crippen molar-refractivity contribution in [2.75, 3.05) is 12.4 Å². The summed E-state index contributed by atoms with van der Waals surface area (Å²) in [6.45, 7) is 0.643. The Bertz CT molecular complexity index is 524. The topological polar surface area (TPSA) is 51.2 Å². The number of aromatic nitrogens is 1. The molecule has 0 aliphatic carbocycles. The van der Waals surface area contributed by atoms with Gasteiger partial charge in [0, 0.05) is 4.88 Å². The molecule has 7 heteroatoms. The molecule has 0 radical (unpaired) electrons. The molecule has 4 nitrogen and oxygen atoms in total. The smallest absolute Gasteiger partial charge is 0.351 e. The Hall–Kier alpha value is -0.920. The summed E-state index contributed by atoms with van der Waals surface area (Å²) in [6, 6.07) is 4.01. The van der Waals surface area contributed by atoms with E-state index in [-0.39, 0.29) is 5.97 Å². The number of ether oxygens (including phenoxy) is 1. The van der Waals surface area contributed by atoms with Crippen LogP contribution in [0.3, 0.4) is 0 Å². The van der Waals surface area contributed by atoms with E-state index in [1.807, 2.05) is 12.1 Å². The molecule has 90 valence electrons. The van der Waals surface area contributed by atoms with Crippen LogP contribution in [0.1, 0.15) is 14.5 Å². The Balaban J connectivity index is 2.04. The molecule has 0 bridgehead atoms. The van der Waals surface area contributed by atoms with Gasteiger partial charge in [0.2, 0.25) is 0 Å². The fraction of sp³-hybridized carbons (Fsp3) is 0.200. The minimum Gasteiger partial charge on any atom is -0.465 e. The summed E-state index contributed by atoms with van der Waals surface area (Å²) in [5.74, 6) is 0.216. The van der Waals surface area contributed by atoms with Crippen molar-refractivity contribution in [1.29, 1.82) is 0 Å². The highest BCUT2D eigenvalue weighted by Crippen LogP contribution is 2.24. The molecule has 0 amide bonds. The molecule has 2 heterocycles. The highest BCUT2D eigenvalue weighted by Gasteiger charge is 2.14.